The van der Waals surface area contributed by atoms with Gasteiger partial charge in [0.2, 0.25) is 0 Å². The number of thioether (sulfide) groups is 1. The SMILES string of the molecule is CCNC(=NCc1csc(CC)n1)N1CCSC(C)(C)C1.I. The van der Waals surface area contributed by atoms with Crippen LogP contribution in [-0.2, 0) is 13.0 Å². The molecule has 0 aromatic carbocycles. The summed E-state index contributed by atoms with van der Waals surface area (Å²) in [6, 6.07) is 0. The van der Waals surface area contributed by atoms with Crippen molar-refractivity contribution < 1.29 is 0 Å². The predicted molar refractivity (Wildman–Crippen MR) is 110 cm³/mol. The second-order valence-corrected chi connectivity index (χ2v) is 8.53. The zero-order valence-electron chi connectivity index (χ0n) is 13.9. The van der Waals surface area contributed by atoms with Crippen molar-refractivity contribution in [1.82, 2.24) is 15.2 Å². The summed E-state index contributed by atoms with van der Waals surface area (Å²) in [4.78, 5) is 11.8. The Morgan fingerprint density at radius 2 is 2.23 bits per heavy atom. The van der Waals surface area contributed by atoms with Crippen molar-refractivity contribution in [3.63, 3.8) is 0 Å². The van der Waals surface area contributed by atoms with Crippen LogP contribution in [0.4, 0.5) is 0 Å². The number of aryl methyl sites for hydroxylation is 1. The van der Waals surface area contributed by atoms with Crippen LogP contribution in [0.25, 0.3) is 0 Å². The van der Waals surface area contributed by atoms with Gasteiger partial charge >= 0.3 is 0 Å². The number of hydrogen-bond donors (Lipinski definition) is 1. The van der Waals surface area contributed by atoms with E-state index in [9.17, 15) is 0 Å². The van der Waals surface area contributed by atoms with Gasteiger partial charge < -0.3 is 10.2 Å². The largest absolute Gasteiger partial charge is 0.357 e. The molecule has 0 bridgehead atoms. The van der Waals surface area contributed by atoms with Crippen LogP contribution in [0, 0.1) is 0 Å². The van der Waals surface area contributed by atoms with Crippen LogP contribution < -0.4 is 5.32 Å². The normalized spacial score (nSPS) is 18.0. The molecule has 7 heteroatoms. The maximum Gasteiger partial charge on any atom is 0.194 e. The topological polar surface area (TPSA) is 40.5 Å². The van der Waals surface area contributed by atoms with Crippen LogP contribution in [0.3, 0.4) is 0 Å². The third-order valence-electron chi connectivity index (χ3n) is 3.35. The highest BCUT2D eigenvalue weighted by molar-refractivity contribution is 14.0. The monoisotopic (exact) mass is 454 g/mol. The lowest BCUT2D eigenvalue weighted by molar-refractivity contribution is 0.375. The van der Waals surface area contributed by atoms with Gasteiger partial charge in [-0.2, -0.15) is 11.8 Å². The van der Waals surface area contributed by atoms with Crippen molar-refractivity contribution in [1.29, 1.82) is 0 Å². The van der Waals surface area contributed by atoms with Crippen molar-refractivity contribution in [2.24, 2.45) is 4.99 Å². The number of nitrogens with one attached hydrogen (secondary N) is 1. The first-order valence-electron chi connectivity index (χ1n) is 7.64. The van der Waals surface area contributed by atoms with Crippen LogP contribution in [-0.4, -0.2) is 46.0 Å². The first-order valence-corrected chi connectivity index (χ1v) is 9.51. The second-order valence-electron chi connectivity index (χ2n) is 5.79. The molecule has 22 heavy (non-hydrogen) atoms. The Labute approximate surface area is 159 Å². The summed E-state index contributed by atoms with van der Waals surface area (Å²) >= 11 is 3.78. The zero-order chi connectivity index (χ0) is 15.3. The minimum Gasteiger partial charge on any atom is -0.357 e. The Morgan fingerprint density at radius 3 is 2.82 bits per heavy atom. The summed E-state index contributed by atoms with van der Waals surface area (Å²) in [6.07, 6.45) is 1.01. The van der Waals surface area contributed by atoms with E-state index in [1.54, 1.807) is 11.3 Å². The van der Waals surface area contributed by atoms with Crippen LogP contribution in [0.15, 0.2) is 10.4 Å². The Bertz CT molecular complexity index is 488. The second kappa shape index (κ2) is 9.32. The Morgan fingerprint density at radius 1 is 1.45 bits per heavy atom. The number of hydrogen-bond acceptors (Lipinski definition) is 4. The van der Waals surface area contributed by atoms with Gasteiger partial charge in [-0.1, -0.05) is 6.92 Å². The van der Waals surface area contributed by atoms with Crippen LogP contribution in [0.2, 0.25) is 0 Å². The molecule has 2 rings (SSSR count). The van der Waals surface area contributed by atoms with Crippen LogP contribution in [0.5, 0.6) is 0 Å². The molecule has 0 amide bonds. The number of aromatic nitrogens is 1. The lowest BCUT2D eigenvalue weighted by Crippen LogP contribution is -2.50. The molecule has 1 aliphatic rings. The third-order valence-corrected chi connectivity index (χ3v) is 5.69. The molecule has 0 spiro atoms. The first-order chi connectivity index (χ1) is 10.0. The highest BCUT2D eigenvalue weighted by Gasteiger charge is 2.28. The Kier molecular flexibility index (Phi) is 8.48. The molecule has 2 heterocycles. The van der Waals surface area contributed by atoms with Gasteiger partial charge in [0.1, 0.15) is 0 Å². The molecule has 1 saturated heterocycles. The summed E-state index contributed by atoms with van der Waals surface area (Å²) in [5.41, 5.74) is 1.08. The highest BCUT2D eigenvalue weighted by Crippen LogP contribution is 2.29. The van der Waals surface area contributed by atoms with Gasteiger partial charge in [-0.15, -0.1) is 35.3 Å². The average Bonchev–Trinajstić information content (AvgIpc) is 2.90. The van der Waals surface area contributed by atoms with E-state index in [1.807, 2.05) is 11.8 Å². The molecule has 1 aromatic rings. The number of rotatable bonds is 4. The van der Waals surface area contributed by atoms with Gasteiger partial charge in [0.25, 0.3) is 0 Å². The molecule has 0 aliphatic carbocycles. The lowest BCUT2D eigenvalue weighted by atomic mass is 10.2. The van der Waals surface area contributed by atoms with Crippen LogP contribution >= 0.6 is 47.1 Å². The Balaban J connectivity index is 0.00000242. The van der Waals surface area contributed by atoms with Gasteiger partial charge in [0.05, 0.1) is 17.2 Å². The summed E-state index contributed by atoms with van der Waals surface area (Å²) < 4.78 is 0.296. The van der Waals surface area contributed by atoms with E-state index in [4.69, 9.17) is 4.99 Å². The molecular formula is C15H27IN4S2. The molecule has 0 saturated carbocycles. The van der Waals surface area contributed by atoms with Gasteiger partial charge in [0.15, 0.2) is 5.96 Å². The number of aliphatic imine (C=N–C) groups is 1. The summed E-state index contributed by atoms with van der Waals surface area (Å²) in [5, 5.41) is 6.75. The Hall–Kier alpha value is -0.0200. The molecule has 0 radical (unpaired) electrons. The van der Waals surface area contributed by atoms with E-state index < -0.39 is 0 Å². The van der Waals surface area contributed by atoms with Crippen molar-refractivity contribution in [2.45, 2.75) is 45.4 Å². The van der Waals surface area contributed by atoms with Crippen molar-refractivity contribution >= 4 is 53.0 Å². The minimum absolute atomic E-state index is 0. The molecule has 1 aromatic heterocycles. The number of nitrogens with zero attached hydrogens (tertiary/aromatic N) is 3. The van der Waals surface area contributed by atoms with Gasteiger partial charge in [-0.05, 0) is 27.2 Å². The standard InChI is InChI=1S/C15H26N4S2.HI/c1-5-13-18-12(10-20-13)9-17-14(16-6-2)19-7-8-21-15(3,4)11-19;/h10H,5-9,11H2,1-4H3,(H,16,17);1H. The molecule has 4 nitrogen and oxygen atoms in total. The fourth-order valence-electron chi connectivity index (χ4n) is 2.36. The maximum atomic E-state index is 4.79. The number of halogens is 1. The number of guanidine groups is 1. The molecule has 1 fully saturated rings. The molecule has 0 unspecified atom stereocenters. The fourth-order valence-corrected chi connectivity index (χ4v) is 4.21. The van der Waals surface area contributed by atoms with E-state index in [2.05, 4.69) is 48.3 Å². The zero-order valence-corrected chi connectivity index (χ0v) is 17.8. The average molecular weight is 454 g/mol. The number of thiazole rings is 1. The van der Waals surface area contributed by atoms with Gasteiger partial charge in [0, 0.05) is 35.5 Å². The molecular weight excluding hydrogens is 427 g/mol. The van der Waals surface area contributed by atoms with E-state index in [0.29, 0.717) is 11.3 Å². The van der Waals surface area contributed by atoms with Crippen molar-refractivity contribution in [2.75, 3.05) is 25.4 Å². The molecule has 0 atom stereocenters. The van der Waals surface area contributed by atoms with E-state index in [1.165, 1.54) is 5.01 Å². The maximum absolute atomic E-state index is 4.79. The summed E-state index contributed by atoms with van der Waals surface area (Å²) in [5.74, 6) is 2.19. The lowest BCUT2D eigenvalue weighted by Gasteiger charge is -2.39. The van der Waals surface area contributed by atoms with Crippen molar-refractivity contribution in [3.8, 4) is 0 Å². The quantitative estimate of drug-likeness (QED) is 0.429. The first kappa shape index (κ1) is 20.0. The molecule has 1 aliphatic heterocycles. The van der Waals surface area contributed by atoms with Crippen molar-refractivity contribution in [3.05, 3.63) is 16.1 Å². The predicted octanol–water partition coefficient (Wildman–Crippen LogP) is 3.62. The minimum atomic E-state index is 0. The summed E-state index contributed by atoms with van der Waals surface area (Å²) in [6.45, 7) is 12.6. The molecule has 126 valence electrons. The molecule has 1 N–H and O–H groups in total. The smallest absolute Gasteiger partial charge is 0.194 e. The highest BCUT2D eigenvalue weighted by atomic mass is 127. The van der Waals surface area contributed by atoms with Crippen LogP contribution in [0.1, 0.15) is 38.4 Å². The van der Waals surface area contributed by atoms with Gasteiger partial charge in [-0.25, -0.2) is 9.98 Å². The summed E-state index contributed by atoms with van der Waals surface area (Å²) in [7, 11) is 0. The van der Waals surface area contributed by atoms with Gasteiger partial charge in [-0.3, -0.25) is 0 Å². The van der Waals surface area contributed by atoms with E-state index in [0.717, 1.165) is 43.5 Å². The van der Waals surface area contributed by atoms with E-state index >= 15 is 0 Å². The fraction of sp³-hybridized carbons (Fsp3) is 0.733. The third kappa shape index (κ3) is 5.88. The van der Waals surface area contributed by atoms with E-state index in [-0.39, 0.29) is 24.0 Å².